The number of aromatic carboxylic acids is 1. The molecule has 0 aliphatic carbocycles. The molecule has 1 unspecified atom stereocenters. The summed E-state index contributed by atoms with van der Waals surface area (Å²) in [5.41, 5.74) is -1.89. The van der Waals surface area contributed by atoms with Gasteiger partial charge in [-0.25, -0.2) is 4.79 Å². The van der Waals surface area contributed by atoms with Crippen molar-refractivity contribution in [1.29, 1.82) is 0 Å². The quantitative estimate of drug-likeness (QED) is 0.626. The van der Waals surface area contributed by atoms with Gasteiger partial charge in [0.1, 0.15) is 11.7 Å². The Morgan fingerprint density at radius 2 is 1.86 bits per heavy atom. The van der Waals surface area contributed by atoms with Gasteiger partial charge in [-0.3, -0.25) is 19.3 Å². The van der Waals surface area contributed by atoms with Crippen molar-refractivity contribution in [2.24, 2.45) is 0 Å². The molecule has 3 aliphatic rings. The van der Waals surface area contributed by atoms with Gasteiger partial charge in [0.15, 0.2) is 11.4 Å². The second kappa shape index (κ2) is 7.48. The molecule has 1 atom stereocenters. The van der Waals surface area contributed by atoms with Crippen LogP contribution in [0.5, 0.6) is 5.75 Å². The van der Waals surface area contributed by atoms with E-state index in [1.165, 1.54) is 9.47 Å². The van der Waals surface area contributed by atoms with Crippen LogP contribution < -0.4 is 5.43 Å². The Balaban J connectivity index is 1.62. The van der Waals surface area contributed by atoms with Gasteiger partial charge in [-0.05, 0) is 6.42 Å². The number of pyridine rings is 1. The van der Waals surface area contributed by atoms with Crippen LogP contribution in [0.15, 0.2) is 11.0 Å². The molecule has 2 fully saturated rings. The van der Waals surface area contributed by atoms with Crippen molar-refractivity contribution < 1.29 is 29.3 Å². The number of ether oxygens (including phenoxy) is 1. The van der Waals surface area contributed by atoms with Crippen LogP contribution in [-0.2, 0) is 16.1 Å². The first-order valence-electron chi connectivity index (χ1n) is 9.48. The molecule has 3 aliphatic heterocycles. The molecule has 156 valence electrons. The van der Waals surface area contributed by atoms with E-state index in [4.69, 9.17) is 4.74 Å². The molecule has 2 amide bonds. The second-order valence-corrected chi connectivity index (χ2v) is 7.32. The van der Waals surface area contributed by atoms with E-state index in [1.54, 1.807) is 4.90 Å². The van der Waals surface area contributed by atoms with E-state index in [1.807, 2.05) is 4.90 Å². The maximum absolute atomic E-state index is 13.0. The summed E-state index contributed by atoms with van der Waals surface area (Å²) in [7, 11) is 0. The smallest absolute Gasteiger partial charge is 0.341 e. The molecular formula is C18H22N4O7. The first kappa shape index (κ1) is 19.4. The van der Waals surface area contributed by atoms with Crippen LogP contribution in [0.4, 0.5) is 0 Å². The predicted octanol–water partition coefficient (Wildman–Crippen LogP) is -1.40. The third kappa shape index (κ3) is 3.36. The maximum atomic E-state index is 13.0. The Kier molecular flexibility index (Phi) is 5.01. The highest BCUT2D eigenvalue weighted by Gasteiger charge is 2.41. The van der Waals surface area contributed by atoms with Crippen LogP contribution in [0.1, 0.15) is 27.3 Å². The van der Waals surface area contributed by atoms with Gasteiger partial charge in [0.2, 0.25) is 11.3 Å². The van der Waals surface area contributed by atoms with Crippen molar-refractivity contribution in [2.45, 2.75) is 19.1 Å². The Hall–Kier alpha value is -2.92. The van der Waals surface area contributed by atoms with Crippen LogP contribution in [0, 0.1) is 0 Å². The highest BCUT2D eigenvalue weighted by Crippen LogP contribution is 2.28. The Morgan fingerprint density at radius 3 is 2.55 bits per heavy atom. The molecule has 2 N–H and O–H groups in total. The summed E-state index contributed by atoms with van der Waals surface area (Å²) < 4.78 is 6.58. The van der Waals surface area contributed by atoms with Crippen molar-refractivity contribution >= 4 is 17.8 Å². The number of aromatic hydroxyl groups is 1. The number of aromatic nitrogens is 1. The SMILES string of the molecule is O=C(O)c1cn2c(c(O)c1=O)C(=O)N1CCCN(CC(=O)N3CCOCC3)C1C2. The summed E-state index contributed by atoms with van der Waals surface area (Å²) >= 11 is 0. The Morgan fingerprint density at radius 1 is 1.14 bits per heavy atom. The zero-order chi connectivity index (χ0) is 20.7. The van der Waals surface area contributed by atoms with Crippen molar-refractivity contribution in [2.75, 3.05) is 45.9 Å². The van der Waals surface area contributed by atoms with Crippen molar-refractivity contribution in [3.05, 3.63) is 27.7 Å². The number of carboxylic acid groups (broad SMARTS) is 1. The van der Waals surface area contributed by atoms with Gasteiger partial charge in [0.05, 0.1) is 26.3 Å². The van der Waals surface area contributed by atoms with E-state index in [0.29, 0.717) is 45.8 Å². The number of amides is 2. The summed E-state index contributed by atoms with van der Waals surface area (Å²) in [5, 5.41) is 19.4. The largest absolute Gasteiger partial charge is 0.503 e. The maximum Gasteiger partial charge on any atom is 0.341 e. The topological polar surface area (TPSA) is 133 Å². The molecular weight excluding hydrogens is 384 g/mol. The van der Waals surface area contributed by atoms with Gasteiger partial charge in [-0.1, -0.05) is 0 Å². The molecule has 0 aromatic carbocycles. The van der Waals surface area contributed by atoms with Gasteiger partial charge in [0.25, 0.3) is 5.91 Å². The molecule has 0 radical (unpaired) electrons. The van der Waals surface area contributed by atoms with E-state index in [2.05, 4.69) is 0 Å². The number of carbonyl (C=O) groups excluding carboxylic acids is 2. The summed E-state index contributed by atoms with van der Waals surface area (Å²) in [4.78, 5) is 54.2. The number of morpholine rings is 1. The standard InChI is InChI=1S/C18H22N4O7/c23-13(19-4-6-29-7-5-19)10-20-2-1-3-22-12(20)9-21-8-11(18(27)28)15(24)16(25)14(21)17(22)26/h8,12,25H,1-7,9-10H2,(H,27,28). The lowest BCUT2D eigenvalue weighted by Gasteiger charge is -2.47. The van der Waals surface area contributed by atoms with Crippen LogP contribution in [0.25, 0.3) is 0 Å². The van der Waals surface area contributed by atoms with Gasteiger partial charge in [-0.15, -0.1) is 0 Å². The fourth-order valence-corrected chi connectivity index (χ4v) is 4.14. The average Bonchev–Trinajstić information content (AvgIpc) is 2.71. The molecule has 4 heterocycles. The minimum Gasteiger partial charge on any atom is -0.503 e. The number of hydrogen-bond donors (Lipinski definition) is 2. The number of nitrogens with zero attached hydrogens (tertiary/aromatic N) is 4. The summed E-state index contributed by atoms with van der Waals surface area (Å²) in [6.07, 6.45) is 1.28. The molecule has 29 heavy (non-hydrogen) atoms. The van der Waals surface area contributed by atoms with Crippen LogP contribution in [0.3, 0.4) is 0 Å². The summed E-state index contributed by atoms with van der Waals surface area (Å²) in [6.45, 7) is 3.38. The Bertz CT molecular complexity index is 922. The zero-order valence-electron chi connectivity index (χ0n) is 15.7. The third-order valence-corrected chi connectivity index (χ3v) is 5.64. The first-order chi connectivity index (χ1) is 13.9. The van der Waals surface area contributed by atoms with Gasteiger partial charge < -0.3 is 29.3 Å². The van der Waals surface area contributed by atoms with Crippen molar-refractivity contribution in [3.63, 3.8) is 0 Å². The number of carbonyl (C=O) groups is 3. The predicted molar refractivity (Wildman–Crippen MR) is 97.7 cm³/mol. The van der Waals surface area contributed by atoms with E-state index >= 15 is 0 Å². The average molecular weight is 406 g/mol. The normalized spacial score (nSPS) is 22.2. The lowest BCUT2D eigenvalue weighted by molar-refractivity contribution is -0.139. The lowest BCUT2D eigenvalue weighted by Crippen LogP contribution is -2.62. The zero-order valence-corrected chi connectivity index (χ0v) is 15.7. The third-order valence-electron chi connectivity index (χ3n) is 5.64. The monoisotopic (exact) mass is 406 g/mol. The minimum atomic E-state index is -1.47. The molecule has 0 spiro atoms. The number of hydrogen-bond acceptors (Lipinski definition) is 7. The number of carboxylic acids is 1. The highest BCUT2D eigenvalue weighted by molar-refractivity contribution is 5.97. The molecule has 4 rings (SSSR count). The minimum absolute atomic E-state index is 0.0534. The second-order valence-electron chi connectivity index (χ2n) is 7.32. The van der Waals surface area contributed by atoms with E-state index < -0.39 is 34.8 Å². The molecule has 0 bridgehead atoms. The molecule has 2 saturated heterocycles. The van der Waals surface area contributed by atoms with Crippen molar-refractivity contribution in [1.82, 2.24) is 19.3 Å². The summed E-state index contributed by atoms with van der Waals surface area (Å²) in [5.74, 6) is -2.92. The van der Waals surface area contributed by atoms with Gasteiger partial charge in [0, 0.05) is 32.4 Å². The molecule has 1 aromatic rings. The van der Waals surface area contributed by atoms with Crippen LogP contribution in [-0.4, -0.2) is 99.4 Å². The van der Waals surface area contributed by atoms with Crippen LogP contribution >= 0.6 is 0 Å². The number of rotatable bonds is 3. The van der Waals surface area contributed by atoms with E-state index in [9.17, 15) is 29.4 Å². The van der Waals surface area contributed by atoms with Crippen LogP contribution in [0.2, 0.25) is 0 Å². The molecule has 1 aromatic heterocycles. The van der Waals surface area contributed by atoms with E-state index in [-0.39, 0.29) is 24.7 Å². The van der Waals surface area contributed by atoms with E-state index in [0.717, 1.165) is 6.20 Å². The van der Waals surface area contributed by atoms with Gasteiger partial charge >= 0.3 is 5.97 Å². The molecule has 11 heteroatoms. The highest BCUT2D eigenvalue weighted by atomic mass is 16.5. The molecule has 11 nitrogen and oxygen atoms in total. The van der Waals surface area contributed by atoms with Gasteiger partial charge in [-0.2, -0.15) is 0 Å². The number of fused-ring (bicyclic) bond motifs is 2. The fraction of sp³-hybridized carbons (Fsp3) is 0.556. The fourth-order valence-electron chi connectivity index (χ4n) is 4.14. The lowest BCUT2D eigenvalue weighted by atomic mass is 10.1. The van der Waals surface area contributed by atoms with Crippen molar-refractivity contribution in [3.8, 4) is 5.75 Å². The Labute approximate surface area is 165 Å². The molecule has 0 saturated carbocycles. The first-order valence-corrected chi connectivity index (χ1v) is 9.48. The summed E-state index contributed by atoms with van der Waals surface area (Å²) in [6, 6.07) is 0.